The fraction of sp³-hybridized carbons (Fsp3) is 0.500. The second-order valence-corrected chi connectivity index (χ2v) is 4.17. The average molecular weight is 228 g/mol. The summed E-state index contributed by atoms with van der Waals surface area (Å²) in [7, 11) is 0. The predicted molar refractivity (Wildman–Crippen MR) is 64.2 cm³/mol. The van der Waals surface area contributed by atoms with E-state index in [4.69, 9.17) is 5.73 Å². The van der Waals surface area contributed by atoms with Gasteiger partial charge in [-0.1, -0.05) is 25.0 Å². The van der Waals surface area contributed by atoms with E-state index in [1.54, 1.807) is 12.1 Å². The Labute approximate surface area is 96.9 Å². The van der Waals surface area contributed by atoms with Gasteiger partial charge < -0.3 is 10.8 Å². The minimum absolute atomic E-state index is 0. The summed E-state index contributed by atoms with van der Waals surface area (Å²) in [6, 6.07) is 7.43. The van der Waals surface area contributed by atoms with Crippen LogP contribution >= 0.6 is 12.4 Å². The molecule has 0 radical (unpaired) electrons. The molecule has 84 valence electrons. The molecule has 15 heavy (non-hydrogen) atoms. The fourth-order valence-electron chi connectivity index (χ4n) is 2.32. The molecule has 0 spiro atoms. The molecule has 1 fully saturated rings. The van der Waals surface area contributed by atoms with E-state index in [-0.39, 0.29) is 18.4 Å². The molecule has 1 aliphatic rings. The van der Waals surface area contributed by atoms with Gasteiger partial charge in [-0.25, -0.2) is 0 Å². The van der Waals surface area contributed by atoms with Crippen molar-refractivity contribution >= 4 is 12.4 Å². The van der Waals surface area contributed by atoms with Crippen molar-refractivity contribution in [3.05, 3.63) is 29.8 Å². The monoisotopic (exact) mass is 227 g/mol. The summed E-state index contributed by atoms with van der Waals surface area (Å²) in [6.07, 6.45) is 5.07. The van der Waals surface area contributed by atoms with Crippen LogP contribution in [0.15, 0.2) is 24.3 Å². The number of halogens is 1. The lowest BCUT2D eigenvalue weighted by molar-refractivity contribution is 0.438. The first-order chi connectivity index (χ1) is 6.77. The second kappa shape index (κ2) is 5.38. The molecule has 1 aliphatic carbocycles. The van der Waals surface area contributed by atoms with E-state index in [0.717, 1.165) is 5.56 Å². The maximum atomic E-state index is 9.35. The van der Waals surface area contributed by atoms with Crippen molar-refractivity contribution in [1.29, 1.82) is 0 Å². The van der Waals surface area contributed by atoms with Crippen LogP contribution in [0.3, 0.4) is 0 Å². The summed E-state index contributed by atoms with van der Waals surface area (Å²) in [5, 5.41) is 9.35. The smallest absolute Gasteiger partial charge is 0.115 e. The maximum Gasteiger partial charge on any atom is 0.115 e. The summed E-state index contributed by atoms with van der Waals surface area (Å²) in [4.78, 5) is 0. The first-order valence-corrected chi connectivity index (χ1v) is 5.32. The second-order valence-electron chi connectivity index (χ2n) is 4.17. The molecule has 1 saturated carbocycles. The van der Waals surface area contributed by atoms with Crippen LogP contribution in [-0.2, 0) is 0 Å². The minimum atomic E-state index is 0. The third kappa shape index (κ3) is 2.86. The van der Waals surface area contributed by atoms with Gasteiger partial charge in [0.1, 0.15) is 5.75 Å². The van der Waals surface area contributed by atoms with Gasteiger partial charge >= 0.3 is 0 Å². The summed E-state index contributed by atoms with van der Waals surface area (Å²) >= 11 is 0. The van der Waals surface area contributed by atoms with Crippen molar-refractivity contribution in [2.75, 3.05) is 0 Å². The Balaban J connectivity index is 0.00000112. The van der Waals surface area contributed by atoms with Gasteiger partial charge in [0.25, 0.3) is 0 Å². The minimum Gasteiger partial charge on any atom is -0.508 e. The van der Waals surface area contributed by atoms with E-state index in [1.807, 2.05) is 12.1 Å². The molecule has 0 bridgehead atoms. The van der Waals surface area contributed by atoms with Crippen molar-refractivity contribution in [1.82, 2.24) is 0 Å². The Morgan fingerprint density at radius 1 is 1.27 bits per heavy atom. The predicted octanol–water partition coefficient (Wildman–Crippen LogP) is 3.00. The molecule has 1 aromatic rings. The van der Waals surface area contributed by atoms with Gasteiger partial charge in [0.15, 0.2) is 0 Å². The lowest BCUT2D eigenvalue weighted by atomic mass is 9.92. The highest BCUT2D eigenvalue weighted by Crippen LogP contribution is 2.34. The first-order valence-electron chi connectivity index (χ1n) is 5.32. The van der Waals surface area contributed by atoms with Crippen LogP contribution in [0.25, 0.3) is 0 Å². The summed E-state index contributed by atoms with van der Waals surface area (Å²) in [5.41, 5.74) is 7.22. The normalized spacial score (nSPS) is 18.5. The summed E-state index contributed by atoms with van der Waals surface area (Å²) in [6.45, 7) is 0. The standard InChI is InChI=1S/C12H17NO.ClH/c13-12(9-4-1-2-5-9)10-6-3-7-11(14)8-10;/h3,6-9,12,14H,1-2,4-5,13H2;1H/t12-;/m0./s1. The molecule has 1 aromatic carbocycles. The molecule has 3 N–H and O–H groups in total. The summed E-state index contributed by atoms with van der Waals surface area (Å²) in [5.74, 6) is 0.924. The third-order valence-electron chi connectivity index (χ3n) is 3.16. The van der Waals surface area contributed by atoms with Gasteiger partial charge in [0.05, 0.1) is 0 Å². The highest BCUT2D eigenvalue weighted by molar-refractivity contribution is 5.85. The Hall–Kier alpha value is -0.730. The molecular formula is C12H18ClNO. The molecular weight excluding hydrogens is 210 g/mol. The third-order valence-corrected chi connectivity index (χ3v) is 3.16. The van der Waals surface area contributed by atoms with E-state index in [9.17, 15) is 5.11 Å². The number of nitrogens with two attached hydrogens (primary N) is 1. The summed E-state index contributed by atoms with van der Waals surface area (Å²) < 4.78 is 0. The number of rotatable bonds is 2. The Kier molecular flexibility index (Phi) is 4.43. The highest BCUT2D eigenvalue weighted by atomic mass is 35.5. The number of aromatic hydroxyl groups is 1. The van der Waals surface area contributed by atoms with Crippen LogP contribution in [0.5, 0.6) is 5.75 Å². The molecule has 3 heteroatoms. The van der Waals surface area contributed by atoms with Crippen molar-refractivity contribution in [2.24, 2.45) is 11.7 Å². The van der Waals surface area contributed by atoms with Crippen LogP contribution in [0.2, 0.25) is 0 Å². The zero-order valence-electron chi connectivity index (χ0n) is 8.73. The maximum absolute atomic E-state index is 9.35. The van der Waals surface area contributed by atoms with Crippen LogP contribution in [-0.4, -0.2) is 5.11 Å². The lowest BCUT2D eigenvalue weighted by Gasteiger charge is -2.19. The lowest BCUT2D eigenvalue weighted by Crippen LogP contribution is -2.18. The topological polar surface area (TPSA) is 46.2 Å². The first kappa shape index (κ1) is 12.3. The molecule has 2 rings (SSSR count). The Bertz CT molecular complexity index is 310. The number of benzene rings is 1. The number of phenols is 1. The SMILES string of the molecule is Cl.N[C@H](c1cccc(O)c1)C1CCCC1. The number of phenolic OH excluding ortho intramolecular Hbond substituents is 1. The van der Waals surface area contributed by atoms with E-state index in [0.29, 0.717) is 11.7 Å². The van der Waals surface area contributed by atoms with Gasteiger partial charge in [-0.15, -0.1) is 12.4 Å². The molecule has 0 aromatic heterocycles. The molecule has 1 atom stereocenters. The Morgan fingerprint density at radius 3 is 2.53 bits per heavy atom. The molecule has 2 nitrogen and oxygen atoms in total. The Morgan fingerprint density at radius 2 is 1.93 bits per heavy atom. The zero-order valence-corrected chi connectivity index (χ0v) is 9.54. The number of hydrogen-bond acceptors (Lipinski definition) is 2. The van der Waals surface area contributed by atoms with Crippen molar-refractivity contribution in [3.8, 4) is 5.75 Å². The van der Waals surface area contributed by atoms with Gasteiger partial charge in [0.2, 0.25) is 0 Å². The van der Waals surface area contributed by atoms with Crippen molar-refractivity contribution in [2.45, 2.75) is 31.7 Å². The van der Waals surface area contributed by atoms with Gasteiger partial charge in [-0.3, -0.25) is 0 Å². The van der Waals surface area contributed by atoms with Gasteiger partial charge in [-0.2, -0.15) is 0 Å². The van der Waals surface area contributed by atoms with Gasteiger partial charge in [0, 0.05) is 6.04 Å². The molecule has 0 amide bonds. The highest BCUT2D eigenvalue weighted by Gasteiger charge is 2.23. The van der Waals surface area contributed by atoms with E-state index >= 15 is 0 Å². The molecule has 0 heterocycles. The number of hydrogen-bond donors (Lipinski definition) is 2. The van der Waals surface area contributed by atoms with E-state index in [1.165, 1.54) is 25.7 Å². The van der Waals surface area contributed by atoms with Crippen molar-refractivity contribution < 1.29 is 5.11 Å². The average Bonchev–Trinajstić information content (AvgIpc) is 2.69. The van der Waals surface area contributed by atoms with Crippen LogP contribution < -0.4 is 5.73 Å². The zero-order chi connectivity index (χ0) is 9.97. The largest absolute Gasteiger partial charge is 0.508 e. The molecule has 0 saturated heterocycles. The van der Waals surface area contributed by atoms with E-state index in [2.05, 4.69) is 0 Å². The molecule has 0 aliphatic heterocycles. The van der Waals surface area contributed by atoms with Gasteiger partial charge in [-0.05, 0) is 36.5 Å². The molecule has 0 unspecified atom stereocenters. The quantitative estimate of drug-likeness (QED) is 0.816. The fourth-order valence-corrected chi connectivity index (χ4v) is 2.32. The van der Waals surface area contributed by atoms with E-state index < -0.39 is 0 Å². The van der Waals surface area contributed by atoms with Crippen LogP contribution in [0.4, 0.5) is 0 Å². The van der Waals surface area contributed by atoms with Crippen molar-refractivity contribution in [3.63, 3.8) is 0 Å². The van der Waals surface area contributed by atoms with Crippen LogP contribution in [0, 0.1) is 5.92 Å². The van der Waals surface area contributed by atoms with Crippen LogP contribution in [0.1, 0.15) is 37.3 Å².